The van der Waals surface area contributed by atoms with E-state index in [1.165, 1.54) is 23.1 Å². The first-order valence-electron chi connectivity index (χ1n) is 7.46. The highest BCUT2D eigenvalue weighted by atomic mass is 35.5. The molecule has 0 fully saturated rings. The van der Waals surface area contributed by atoms with E-state index in [1.54, 1.807) is 12.3 Å². The number of hydrogen-bond donors (Lipinski definition) is 1. The van der Waals surface area contributed by atoms with E-state index in [9.17, 15) is 4.79 Å². The Morgan fingerprint density at radius 2 is 1.96 bits per heavy atom. The van der Waals surface area contributed by atoms with Crippen LogP contribution in [0.5, 0.6) is 0 Å². The van der Waals surface area contributed by atoms with Gasteiger partial charge in [-0.1, -0.05) is 47.5 Å². The summed E-state index contributed by atoms with van der Waals surface area (Å²) in [6.07, 6.45) is 2.41. The maximum absolute atomic E-state index is 12.0. The summed E-state index contributed by atoms with van der Waals surface area (Å²) in [5.74, 6) is 0.279. The van der Waals surface area contributed by atoms with Crippen molar-refractivity contribution in [3.05, 3.63) is 75.2 Å². The van der Waals surface area contributed by atoms with Gasteiger partial charge in [0.15, 0.2) is 5.13 Å². The molecule has 0 bridgehead atoms. The molecular formula is C18H14Cl2N2OS2. The lowest BCUT2D eigenvalue weighted by molar-refractivity contribution is -0.113. The molecule has 0 atom stereocenters. The lowest BCUT2D eigenvalue weighted by Crippen LogP contribution is -2.13. The number of thioether (sulfide) groups is 1. The minimum Gasteiger partial charge on any atom is -0.301 e. The second-order valence-corrected chi connectivity index (χ2v) is 8.20. The van der Waals surface area contributed by atoms with Gasteiger partial charge in [-0.25, -0.2) is 4.98 Å². The topological polar surface area (TPSA) is 42.0 Å². The number of thiazole rings is 1. The molecule has 0 radical (unpaired) electrons. The van der Waals surface area contributed by atoms with Crippen molar-refractivity contribution in [3.8, 4) is 0 Å². The minimum atomic E-state index is -0.0701. The van der Waals surface area contributed by atoms with Crippen LogP contribution in [-0.4, -0.2) is 16.6 Å². The van der Waals surface area contributed by atoms with Gasteiger partial charge in [-0.3, -0.25) is 4.79 Å². The molecule has 1 aromatic heterocycles. The molecule has 7 heteroatoms. The number of carbonyl (C=O) groups excluding carboxylic acids is 1. The highest BCUT2D eigenvalue weighted by Crippen LogP contribution is 2.27. The molecule has 0 spiro atoms. The summed E-state index contributed by atoms with van der Waals surface area (Å²) in [5, 5.41) is 4.67. The Hall–Kier alpha value is -1.53. The van der Waals surface area contributed by atoms with E-state index in [4.69, 9.17) is 23.2 Å². The Bertz CT molecular complexity index is 869. The Kier molecular flexibility index (Phi) is 6.37. The second kappa shape index (κ2) is 8.72. The smallest absolute Gasteiger partial charge is 0.236 e. The number of nitrogens with one attached hydrogen (secondary N) is 1. The molecule has 128 valence electrons. The molecule has 3 rings (SSSR count). The van der Waals surface area contributed by atoms with Crippen LogP contribution < -0.4 is 5.32 Å². The number of anilines is 1. The molecule has 0 unspecified atom stereocenters. The lowest BCUT2D eigenvalue weighted by Gasteiger charge is -2.03. The summed E-state index contributed by atoms with van der Waals surface area (Å²) in [7, 11) is 0. The predicted octanol–water partition coefficient (Wildman–Crippen LogP) is 5.77. The van der Waals surface area contributed by atoms with Crippen LogP contribution >= 0.6 is 46.3 Å². The minimum absolute atomic E-state index is 0.0701. The Labute approximate surface area is 164 Å². The van der Waals surface area contributed by atoms with Crippen molar-refractivity contribution in [1.82, 2.24) is 4.98 Å². The number of carbonyl (C=O) groups is 1. The Morgan fingerprint density at radius 3 is 2.72 bits per heavy atom. The van der Waals surface area contributed by atoms with Gasteiger partial charge in [0, 0.05) is 32.4 Å². The average molecular weight is 409 g/mol. The van der Waals surface area contributed by atoms with Gasteiger partial charge in [0.25, 0.3) is 0 Å². The summed E-state index contributed by atoms with van der Waals surface area (Å²) in [6, 6.07) is 15.3. The van der Waals surface area contributed by atoms with Gasteiger partial charge in [0.05, 0.1) is 5.75 Å². The first-order chi connectivity index (χ1) is 12.1. The maximum Gasteiger partial charge on any atom is 0.236 e. The summed E-state index contributed by atoms with van der Waals surface area (Å²) in [6.45, 7) is 0. The van der Waals surface area contributed by atoms with Crippen molar-refractivity contribution < 1.29 is 4.79 Å². The SMILES string of the molecule is O=C(CSc1ccccc1)Nc1ncc(Cc2ccc(Cl)cc2Cl)s1. The van der Waals surface area contributed by atoms with Crippen molar-refractivity contribution in [2.24, 2.45) is 0 Å². The van der Waals surface area contributed by atoms with Crippen molar-refractivity contribution in [3.63, 3.8) is 0 Å². The molecule has 0 aliphatic heterocycles. The third kappa shape index (κ3) is 5.47. The van der Waals surface area contributed by atoms with Gasteiger partial charge in [-0.05, 0) is 29.8 Å². The van der Waals surface area contributed by atoms with Gasteiger partial charge in [-0.2, -0.15) is 0 Å². The van der Waals surface area contributed by atoms with E-state index in [0.29, 0.717) is 27.4 Å². The van der Waals surface area contributed by atoms with Crippen LogP contribution in [0.1, 0.15) is 10.4 Å². The molecule has 0 aliphatic carbocycles. The van der Waals surface area contributed by atoms with Crippen LogP contribution in [0.15, 0.2) is 59.6 Å². The van der Waals surface area contributed by atoms with Crippen molar-refractivity contribution in [1.29, 1.82) is 0 Å². The first-order valence-corrected chi connectivity index (χ1v) is 10.0. The number of rotatable bonds is 6. The van der Waals surface area contributed by atoms with Gasteiger partial charge in [0.2, 0.25) is 5.91 Å². The van der Waals surface area contributed by atoms with Crippen LogP contribution in [-0.2, 0) is 11.2 Å². The zero-order valence-electron chi connectivity index (χ0n) is 13.0. The maximum atomic E-state index is 12.0. The zero-order chi connectivity index (χ0) is 17.6. The molecular weight excluding hydrogens is 395 g/mol. The third-order valence-electron chi connectivity index (χ3n) is 3.29. The van der Waals surface area contributed by atoms with Crippen molar-refractivity contribution in [2.45, 2.75) is 11.3 Å². The Morgan fingerprint density at radius 1 is 1.16 bits per heavy atom. The van der Waals surface area contributed by atoms with Crippen LogP contribution in [0.25, 0.3) is 0 Å². The third-order valence-corrected chi connectivity index (χ3v) is 5.80. The van der Waals surface area contributed by atoms with Gasteiger partial charge in [0.1, 0.15) is 0 Å². The van der Waals surface area contributed by atoms with E-state index >= 15 is 0 Å². The number of nitrogens with zero attached hydrogens (tertiary/aromatic N) is 1. The molecule has 0 saturated heterocycles. The monoisotopic (exact) mass is 408 g/mol. The first kappa shape index (κ1) is 18.3. The van der Waals surface area contributed by atoms with Crippen LogP contribution in [0.2, 0.25) is 10.0 Å². The van der Waals surface area contributed by atoms with Crippen molar-refractivity contribution in [2.75, 3.05) is 11.1 Å². The molecule has 25 heavy (non-hydrogen) atoms. The fourth-order valence-electron chi connectivity index (χ4n) is 2.12. The van der Waals surface area contributed by atoms with Crippen molar-refractivity contribution >= 4 is 57.3 Å². The number of aromatic nitrogens is 1. The van der Waals surface area contributed by atoms with E-state index < -0.39 is 0 Å². The standard InChI is InChI=1S/C18H14Cl2N2OS2/c19-13-7-6-12(16(20)9-13)8-15-10-21-18(25-15)22-17(23)11-24-14-4-2-1-3-5-14/h1-7,9-10H,8,11H2,(H,21,22,23). The fourth-order valence-corrected chi connectivity index (χ4v) is 4.17. The summed E-state index contributed by atoms with van der Waals surface area (Å²) in [4.78, 5) is 18.4. The van der Waals surface area contributed by atoms with Gasteiger partial charge >= 0.3 is 0 Å². The number of benzene rings is 2. The number of hydrogen-bond acceptors (Lipinski definition) is 4. The van der Waals surface area contributed by atoms with Crippen LogP contribution in [0, 0.1) is 0 Å². The molecule has 1 amide bonds. The highest BCUT2D eigenvalue weighted by molar-refractivity contribution is 8.00. The lowest BCUT2D eigenvalue weighted by atomic mass is 10.1. The quantitative estimate of drug-likeness (QED) is 0.526. The van der Waals surface area contributed by atoms with E-state index in [1.807, 2.05) is 42.5 Å². The van der Waals surface area contributed by atoms with E-state index in [0.717, 1.165) is 15.3 Å². The molecule has 0 aliphatic rings. The van der Waals surface area contributed by atoms with E-state index in [2.05, 4.69) is 10.3 Å². The van der Waals surface area contributed by atoms with Gasteiger partial charge < -0.3 is 5.32 Å². The Balaban J connectivity index is 1.55. The number of amides is 1. The number of halogens is 2. The highest BCUT2D eigenvalue weighted by Gasteiger charge is 2.09. The largest absolute Gasteiger partial charge is 0.301 e. The summed E-state index contributed by atoms with van der Waals surface area (Å²) >= 11 is 15.1. The molecule has 3 nitrogen and oxygen atoms in total. The van der Waals surface area contributed by atoms with Crippen LogP contribution in [0.3, 0.4) is 0 Å². The molecule has 1 heterocycles. The molecule has 3 aromatic rings. The summed E-state index contributed by atoms with van der Waals surface area (Å²) < 4.78 is 0. The second-order valence-electron chi connectivity index (χ2n) is 5.19. The van der Waals surface area contributed by atoms with Crippen LogP contribution in [0.4, 0.5) is 5.13 Å². The molecule has 0 saturated carbocycles. The zero-order valence-corrected chi connectivity index (χ0v) is 16.2. The normalized spacial score (nSPS) is 10.6. The van der Waals surface area contributed by atoms with E-state index in [-0.39, 0.29) is 5.91 Å². The fraction of sp³-hybridized carbons (Fsp3) is 0.111. The molecule has 1 N–H and O–H groups in total. The average Bonchev–Trinajstić information content (AvgIpc) is 3.03. The van der Waals surface area contributed by atoms with Gasteiger partial charge in [-0.15, -0.1) is 23.1 Å². The molecule has 2 aromatic carbocycles. The summed E-state index contributed by atoms with van der Waals surface area (Å²) in [5.41, 5.74) is 0.979. The predicted molar refractivity (Wildman–Crippen MR) is 107 cm³/mol.